The maximum absolute atomic E-state index is 11.1. The smallest absolute Gasteiger partial charge is 0.343 e. The Hall–Kier alpha value is -1.79. The summed E-state index contributed by atoms with van der Waals surface area (Å²) in [5.74, 6) is 0.265. The third kappa shape index (κ3) is 9.05. The Morgan fingerprint density at radius 3 is 2.48 bits per heavy atom. The molecule has 0 heterocycles. The summed E-state index contributed by atoms with van der Waals surface area (Å²) in [5.41, 5.74) is 2.29. The molecule has 7 heteroatoms. The van der Waals surface area contributed by atoms with Gasteiger partial charge in [-0.05, 0) is 55.2 Å². The van der Waals surface area contributed by atoms with E-state index in [2.05, 4.69) is 17.0 Å². The minimum atomic E-state index is -0.392. The molecule has 2 unspecified atom stereocenters. The van der Waals surface area contributed by atoms with E-state index in [1.54, 1.807) is 7.11 Å². The molecule has 0 fully saturated rings. The van der Waals surface area contributed by atoms with E-state index in [1.807, 2.05) is 48.5 Å². The Morgan fingerprint density at radius 2 is 1.86 bits per heavy atom. The number of hydrogen-bond donors (Lipinski definition) is 1. The van der Waals surface area contributed by atoms with Gasteiger partial charge in [0.25, 0.3) is 0 Å². The second-order valence-corrected chi connectivity index (χ2v) is 7.07. The number of esters is 1. The van der Waals surface area contributed by atoms with Crippen LogP contribution in [-0.4, -0.2) is 39.4 Å². The average molecular weight is 442 g/mol. The summed E-state index contributed by atoms with van der Waals surface area (Å²) in [4.78, 5) is 11.1. The van der Waals surface area contributed by atoms with Gasteiger partial charge in [0.05, 0.1) is 13.2 Å². The molecule has 0 aliphatic rings. The van der Waals surface area contributed by atoms with Crippen molar-refractivity contribution >= 4 is 30.0 Å². The third-order valence-corrected chi connectivity index (χ3v) is 4.77. The van der Waals surface area contributed by atoms with Crippen LogP contribution in [0.25, 0.3) is 0 Å². The van der Waals surface area contributed by atoms with Crippen molar-refractivity contribution in [3.8, 4) is 5.75 Å². The highest BCUT2D eigenvalue weighted by Crippen LogP contribution is 2.20. The number of methoxy groups -OCH3 is 2. The highest BCUT2D eigenvalue weighted by atomic mass is 35.5. The number of hydrogen-bond acceptors (Lipinski definition) is 5. The molecule has 0 aromatic heterocycles. The topological polar surface area (TPSA) is 56.8 Å². The molecule has 160 valence electrons. The maximum atomic E-state index is 11.1. The molecule has 29 heavy (non-hydrogen) atoms. The van der Waals surface area contributed by atoms with Crippen molar-refractivity contribution in [2.75, 3.05) is 27.4 Å². The monoisotopic (exact) mass is 441 g/mol. The second-order valence-electron chi connectivity index (χ2n) is 6.64. The van der Waals surface area contributed by atoms with Gasteiger partial charge in [-0.25, -0.2) is 4.79 Å². The van der Waals surface area contributed by atoms with Gasteiger partial charge in [-0.2, -0.15) is 0 Å². The molecule has 0 radical (unpaired) electrons. The SMILES string of the molecule is COC(=O)COc1ccc(CCC(C)NCC(OC)c2cccc(Cl)c2)cc1.Cl. The van der Waals surface area contributed by atoms with Crippen LogP contribution in [0.2, 0.25) is 5.02 Å². The van der Waals surface area contributed by atoms with Crippen LogP contribution in [0.3, 0.4) is 0 Å². The van der Waals surface area contributed by atoms with E-state index in [0.29, 0.717) is 16.8 Å². The highest BCUT2D eigenvalue weighted by Gasteiger charge is 2.12. The van der Waals surface area contributed by atoms with Crippen LogP contribution in [0.4, 0.5) is 0 Å². The van der Waals surface area contributed by atoms with Crippen LogP contribution in [0.5, 0.6) is 5.75 Å². The van der Waals surface area contributed by atoms with Crippen molar-refractivity contribution in [1.82, 2.24) is 5.32 Å². The molecule has 5 nitrogen and oxygen atoms in total. The molecular weight excluding hydrogens is 413 g/mol. The molecule has 0 amide bonds. The third-order valence-electron chi connectivity index (χ3n) is 4.53. The van der Waals surface area contributed by atoms with Crippen molar-refractivity contribution in [2.45, 2.75) is 31.9 Å². The minimum Gasteiger partial charge on any atom is -0.482 e. The van der Waals surface area contributed by atoms with Crippen LogP contribution >= 0.6 is 24.0 Å². The number of aryl methyl sites for hydroxylation is 1. The number of halogens is 2. The normalized spacial score (nSPS) is 12.6. The largest absolute Gasteiger partial charge is 0.482 e. The summed E-state index contributed by atoms with van der Waals surface area (Å²) >= 11 is 6.07. The lowest BCUT2D eigenvalue weighted by molar-refractivity contribution is -0.142. The fourth-order valence-electron chi connectivity index (χ4n) is 2.79. The van der Waals surface area contributed by atoms with Crippen molar-refractivity contribution in [2.24, 2.45) is 0 Å². The van der Waals surface area contributed by atoms with Crippen molar-refractivity contribution < 1.29 is 19.0 Å². The minimum absolute atomic E-state index is 0. The van der Waals surface area contributed by atoms with E-state index >= 15 is 0 Å². The maximum Gasteiger partial charge on any atom is 0.343 e. The first-order valence-electron chi connectivity index (χ1n) is 9.32. The van der Waals surface area contributed by atoms with E-state index < -0.39 is 5.97 Å². The summed E-state index contributed by atoms with van der Waals surface area (Å²) in [6, 6.07) is 15.9. The lowest BCUT2D eigenvalue weighted by Crippen LogP contribution is -2.31. The predicted molar refractivity (Wildman–Crippen MR) is 118 cm³/mol. The number of carbonyl (C=O) groups is 1. The molecular formula is C22H29Cl2NO4. The van der Waals surface area contributed by atoms with Crippen molar-refractivity contribution in [3.05, 3.63) is 64.7 Å². The Balaban J connectivity index is 0.00000420. The first-order valence-corrected chi connectivity index (χ1v) is 9.69. The van der Waals surface area contributed by atoms with E-state index in [0.717, 1.165) is 24.9 Å². The Labute approximate surface area is 184 Å². The summed E-state index contributed by atoms with van der Waals surface area (Å²) < 4.78 is 15.5. The van der Waals surface area contributed by atoms with Gasteiger partial charge in [0.1, 0.15) is 5.75 Å². The molecule has 2 rings (SSSR count). The van der Waals surface area contributed by atoms with Gasteiger partial charge in [-0.15, -0.1) is 12.4 Å². The van der Waals surface area contributed by atoms with Crippen LogP contribution in [0, 0.1) is 0 Å². The number of carbonyl (C=O) groups excluding carboxylic acids is 1. The van der Waals surface area contributed by atoms with Crippen LogP contribution in [-0.2, 0) is 20.7 Å². The molecule has 1 N–H and O–H groups in total. The molecule has 2 atom stereocenters. The zero-order valence-corrected chi connectivity index (χ0v) is 18.6. The van der Waals surface area contributed by atoms with E-state index in [-0.39, 0.29) is 25.1 Å². The van der Waals surface area contributed by atoms with E-state index in [4.69, 9.17) is 21.1 Å². The zero-order valence-electron chi connectivity index (χ0n) is 17.0. The van der Waals surface area contributed by atoms with Gasteiger partial charge in [-0.1, -0.05) is 35.9 Å². The molecule has 0 saturated carbocycles. The molecule has 0 aliphatic heterocycles. The van der Waals surface area contributed by atoms with Gasteiger partial charge in [0.15, 0.2) is 6.61 Å². The number of ether oxygens (including phenoxy) is 3. The fourth-order valence-corrected chi connectivity index (χ4v) is 2.99. The van der Waals surface area contributed by atoms with Gasteiger partial charge in [0, 0.05) is 24.7 Å². The van der Waals surface area contributed by atoms with Crippen LogP contribution < -0.4 is 10.1 Å². The Morgan fingerprint density at radius 1 is 1.14 bits per heavy atom. The summed E-state index contributed by atoms with van der Waals surface area (Å²) in [6.45, 7) is 2.81. The lowest BCUT2D eigenvalue weighted by Gasteiger charge is -2.20. The predicted octanol–water partition coefficient (Wildman–Crippen LogP) is 4.61. The average Bonchev–Trinajstić information content (AvgIpc) is 2.71. The molecule has 0 spiro atoms. The van der Waals surface area contributed by atoms with Gasteiger partial charge in [0.2, 0.25) is 0 Å². The van der Waals surface area contributed by atoms with Gasteiger partial charge < -0.3 is 19.5 Å². The number of nitrogens with one attached hydrogen (secondary N) is 1. The summed E-state index contributed by atoms with van der Waals surface area (Å²) in [6.07, 6.45) is 1.90. The van der Waals surface area contributed by atoms with E-state index in [9.17, 15) is 4.79 Å². The van der Waals surface area contributed by atoms with E-state index in [1.165, 1.54) is 12.7 Å². The first-order chi connectivity index (χ1) is 13.5. The molecule has 0 bridgehead atoms. The van der Waals surface area contributed by atoms with Gasteiger partial charge in [-0.3, -0.25) is 0 Å². The molecule has 2 aromatic carbocycles. The molecule has 0 aliphatic carbocycles. The summed E-state index contributed by atoms with van der Waals surface area (Å²) in [5, 5.41) is 4.24. The Bertz CT molecular complexity index is 740. The number of benzene rings is 2. The van der Waals surface area contributed by atoms with Crippen LogP contribution in [0.1, 0.15) is 30.6 Å². The van der Waals surface area contributed by atoms with Crippen molar-refractivity contribution in [3.63, 3.8) is 0 Å². The molecule has 0 saturated heterocycles. The molecule has 2 aromatic rings. The standard InChI is InChI=1S/C22H28ClNO4.ClH/c1-16(24-14-21(26-2)18-5-4-6-19(23)13-18)7-8-17-9-11-20(12-10-17)28-15-22(25)27-3;/h4-6,9-13,16,21,24H,7-8,14-15H2,1-3H3;1H. The van der Waals surface area contributed by atoms with Crippen molar-refractivity contribution in [1.29, 1.82) is 0 Å². The lowest BCUT2D eigenvalue weighted by atomic mass is 10.1. The summed E-state index contributed by atoms with van der Waals surface area (Å²) in [7, 11) is 3.05. The fraction of sp³-hybridized carbons (Fsp3) is 0.409. The zero-order chi connectivity index (χ0) is 20.4. The van der Waals surface area contributed by atoms with Crippen LogP contribution in [0.15, 0.2) is 48.5 Å². The second kappa shape index (κ2) is 13.4. The number of rotatable bonds is 11. The highest BCUT2D eigenvalue weighted by molar-refractivity contribution is 6.30. The van der Waals surface area contributed by atoms with Gasteiger partial charge >= 0.3 is 5.97 Å². The quantitative estimate of drug-likeness (QED) is 0.515. The Kier molecular flexibility index (Phi) is 11.7. The first kappa shape index (κ1) is 25.2.